The summed E-state index contributed by atoms with van der Waals surface area (Å²) in [5.41, 5.74) is 5.34. The van der Waals surface area contributed by atoms with Gasteiger partial charge in [0.25, 0.3) is 0 Å². The number of aryl methyl sites for hydroxylation is 1. The van der Waals surface area contributed by atoms with Gasteiger partial charge in [0.05, 0.1) is 5.69 Å². The normalized spacial score (nSPS) is 14.9. The zero-order valence-electron chi connectivity index (χ0n) is 18.4. The number of carbonyl (C=O) groups excluding carboxylic acids is 1. The first-order valence-corrected chi connectivity index (χ1v) is 12.0. The van der Waals surface area contributed by atoms with Crippen LogP contribution in [0.15, 0.2) is 59.4 Å². The van der Waals surface area contributed by atoms with Crippen molar-refractivity contribution in [3.63, 3.8) is 0 Å². The molecule has 6 nitrogen and oxygen atoms in total. The minimum atomic E-state index is 0.0626. The summed E-state index contributed by atoms with van der Waals surface area (Å²) in [5, 5.41) is 12.1. The van der Waals surface area contributed by atoms with E-state index >= 15 is 0 Å². The third kappa shape index (κ3) is 4.57. The summed E-state index contributed by atoms with van der Waals surface area (Å²) in [6.45, 7) is 3.50. The Balaban J connectivity index is 1.32. The van der Waals surface area contributed by atoms with Crippen molar-refractivity contribution in [1.82, 2.24) is 19.5 Å². The Morgan fingerprint density at radius 3 is 2.82 bits per heavy atom. The number of fused-ring (bicyclic) bond motifs is 1. The van der Waals surface area contributed by atoms with Crippen LogP contribution in [-0.4, -0.2) is 52.4 Å². The molecule has 1 saturated heterocycles. The van der Waals surface area contributed by atoms with Crippen LogP contribution in [0.5, 0.6) is 0 Å². The number of hydrogen-bond acceptors (Lipinski definition) is 5. The number of thiophene rings is 1. The number of amides is 1. The minimum absolute atomic E-state index is 0.0626. The molecule has 5 rings (SSSR count). The van der Waals surface area contributed by atoms with Crippen molar-refractivity contribution >= 4 is 48.1 Å². The van der Waals surface area contributed by atoms with Crippen LogP contribution in [0, 0.1) is 6.92 Å². The topological polar surface area (TPSA) is 62.5 Å². The first kappa shape index (κ1) is 21.5. The summed E-state index contributed by atoms with van der Waals surface area (Å²) >= 11 is 1.63. The number of nitrogens with one attached hydrogen (secondary N) is 1. The van der Waals surface area contributed by atoms with Crippen LogP contribution in [-0.2, 0) is 4.79 Å². The molecule has 1 aliphatic rings. The molecule has 8 heteroatoms. The first-order chi connectivity index (χ1) is 16.1. The minimum Gasteiger partial charge on any atom is -0.367 e. The number of carbonyl (C=O) groups is 1. The molecular formula is C25H24BN5OS. The molecule has 164 valence electrons. The zero-order valence-corrected chi connectivity index (χ0v) is 19.3. The van der Waals surface area contributed by atoms with Gasteiger partial charge in [0, 0.05) is 43.0 Å². The van der Waals surface area contributed by atoms with E-state index < -0.39 is 0 Å². The number of hydrogen-bond donors (Lipinski definition) is 1. The van der Waals surface area contributed by atoms with Gasteiger partial charge in [0.15, 0.2) is 5.65 Å². The second-order valence-electron chi connectivity index (χ2n) is 8.31. The number of rotatable bonds is 5. The molecule has 0 unspecified atom stereocenters. The lowest BCUT2D eigenvalue weighted by Gasteiger charge is -2.32. The van der Waals surface area contributed by atoms with Crippen LogP contribution in [0.2, 0.25) is 0 Å². The van der Waals surface area contributed by atoms with E-state index in [0.29, 0.717) is 24.2 Å². The fourth-order valence-corrected chi connectivity index (χ4v) is 4.81. The monoisotopic (exact) mass is 453 g/mol. The molecule has 4 heterocycles. The molecule has 0 bridgehead atoms. The summed E-state index contributed by atoms with van der Waals surface area (Å²) in [4.78, 5) is 19.2. The van der Waals surface area contributed by atoms with Crippen molar-refractivity contribution in [3.8, 4) is 11.3 Å². The summed E-state index contributed by atoms with van der Waals surface area (Å²) in [6, 6.07) is 12.5. The number of piperidine rings is 1. The second-order valence-corrected chi connectivity index (χ2v) is 9.09. The van der Waals surface area contributed by atoms with Crippen molar-refractivity contribution in [1.29, 1.82) is 0 Å². The molecule has 1 fully saturated rings. The molecular weight excluding hydrogens is 429 g/mol. The van der Waals surface area contributed by atoms with Crippen LogP contribution < -0.4 is 10.8 Å². The van der Waals surface area contributed by atoms with Gasteiger partial charge in [0.2, 0.25) is 5.91 Å². The standard InChI is InChI=1S/C25H24BN5OS/c1-17-4-2-3-5-20(17)22-14-23(31-25(29-22)21(26)15-27-31)28-19-8-11-30(12-9-19)24(32)7-6-18-10-13-33-16-18/h2-7,10,13-16,19,28H,8-9,11-12H2,1H3/b7-6+. The maximum absolute atomic E-state index is 12.6. The SMILES string of the molecule is [B]c1cnn2c(NC3CCN(C(=O)/C=C/c4ccsc4)CC3)cc(-c3ccccc3C)nc12. The van der Waals surface area contributed by atoms with E-state index in [9.17, 15) is 4.79 Å². The number of aromatic nitrogens is 3. The molecule has 1 N–H and O–H groups in total. The van der Waals surface area contributed by atoms with E-state index in [4.69, 9.17) is 12.8 Å². The molecule has 1 aliphatic heterocycles. The Labute approximate surface area is 198 Å². The molecule has 0 atom stereocenters. The van der Waals surface area contributed by atoms with Gasteiger partial charge >= 0.3 is 0 Å². The largest absolute Gasteiger partial charge is 0.367 e. The predicted molar refractivity (Wildman–Crippen MR) is 135 cm³/mol. The van der Waals surface area contributed by atoms with Gasteiger partial charge in [-0.15, -0.1) is 0 Å². The van der Waals surface area contributed by atoms with Gasteiger partial charge in [0.1, 0.15) is 13.7 Å². The predicted octanol–water partition coefficient (Wildman–Crippen LogP) is 3.68. The van der Waals surface area contributed by atoms with E-state index in [1.165, 1.54) is 0 Å². The van der Waals surface area contributed by atoms with Crippen LogP contribution in [0.4, 0.5) is 5.82 Å². The summed E-state index contributed by atoms with van der Waals surface area (Å²) in [6.07, 6.45) is 6.90. The van der Waals surface area contributed by atoms with Gasteiger partial charge in [-0.2, -0.15) is 21.0 Å². The van der Waals surface area contributed by atoms with Gasteiger partial charge < -0.3 is 10.2 Å². The lowest BCUT2D eigenvalue weighted by molar-refractivity contribution is -0.126. The third-order valence-corrected chi connectivity index (χ3v) is 6.74. The Morgan fingerprint density at radius 1 is 1.24 bits per heavy atom. The van der Waals surface area contributed by atoms with Crippen molar-refractivity contribution < 1.29 is 4.79 Å². The highest BCUT2D eigenvalue weighted by Crippen LogP contribution is 2.26. The van der Waals surface area contributed by atoms with Crippen molar-refractivity contribution in [2.24, 2.45) is 0 Å². The van der Waals surface area contributed by atoms with Crippen LogP contribution >= 0.6 is 11.3 Å². The van der Waals surface area contributed by atoms with Crippen LogP contribution in [0.25, 0.3) is 23.0 Å². The average molecular weight is 453 g/mol. The number of anilines is 1. The molecule has 1 aromatic carbocycles. The van der Waals surface area contributed by atoms with E-state index in [2.05, 4.69) is 29.5 Å². The Kier molecular flexibility index (Phi) is 6.00. The molecule has 2 radical (unpaired) electrons. The molecule has 0 spiro atoms. The van der Waals surface area contributed by atoms with Gasteiger partial charge in [-0.1, -0.05) is 24.3 Å². The zero-order chi connectivity index (χ0) is 22.8. The summed E-state index contributed by atoms with van der Waals surface area (Å²) < 4.78 is 1.76. The van der Waals surface area contributed by atoms with Gasteiger partial charge in [-0.3, -0.25) is 4.79 Å². The second kappa shape index (κ2) is 9.23. The van der Waals surface area contributed by atoms with E-state index in [1.807, 2.05) is 46.0 Å². The highest BCUT2D eigenvalue weighted by Gasteiger charge is 2.23. The van der Waals surface area contributed by atoms with E-state index in [1.54, 1.807) is 28.1 Å². The fraction of sp³-hybridized carbons (Fsp3) is 0.240. The van der Waals surface area contributed by atoms with Crippen molar-refractivity contribution in [2.75, 3.05) is 18.4 Å². The Hall–Kier alpha value is -3.39. The molecule has 33 heavy (non-hydrogen) atoms. The van der Waals surface area contributed by atoms with Crippen molar-refractivity contribution in [3.05, 3.63) is 70.6 Å². The molecule has 3 aromatic heterocycles. The number of likely N-dealkylation sites (tertiary alicyclic amines) is 1. The highest BCUT2D eigenvalue weighted by molar-refractivity contribution is 7.08. The summed E-state index contributed by atoms with van der Waals surface area (Å²) in [7, 11) is 6.15. The molecule has 4 aromatic rings. The van der Waals surface area contributed by atoms with E-state index in [-0.39, 0.29) is 11.9 Å². The average Bonchev–Trinajstić information content (AvgIpc) is 3.48. The number of benzene rings is 1. The lowest BCUT2D eigenvalue weighted by Crippen LogP contribution is -2.42. The molecule has 0 aliphatic carbocycles. The maximum atomic E-state index is 12.6. The maximum Gasteiger partial charge on any atom is 0.246 e. The Morgan fingerprint density at radius 2 is 2.06 bits per heavy atom. The molecule has 0 saturated carbocycles. The van der Waals surface area contributed by atoms with Gasteiger partial charge in [-0.05, 0) is 59.3 Å². The van der Waals surface area contributed by atoms with E-state index in [0.717, 1.165) is 41.0 Å². The number of nitrogens with zero attached hydrogens (tertiary/aromatic N) is 4. The van der Waals surface area contributed by atoms with Crippen molar-refractivity contribution in [2.45, 2.75) is 25.8 Å². The lowest BCUT2D eigenvalue weighted by atomic mass is 10.00. The molecule has 1 amide bonds. The quantitative estimate of drug-likeness (QED) is 0.370. The highest BCUT2D eigenvalue weighted by atomic mass is 32.1. The smallest absolute Gasteiger partial charge is 0.246 e. The van der Waals surface area contributed by atoms with Crippen LogP contribution in [0.1, 0.15) is 24.0 Å². The first-order valence-electron chi connectivity index (χ1n) is 11.0. The van der Waals surface area contributed by atoms with Gasteiger partial charge in [-0.25, -0.2) is 4.98 Å². The van der Waals surface area contributed by atoms with Crippen LogP contribution in [0.3, 0.4) is 0 Å². The third-order valence-electron chi connectivity index (χ3n) is 6.04. The Bertz CT molecular complexity index is 1310. The summed E-state index contributed by atoms with van der Waals surface area (Å²) in [5.74, 6) is 0.921. The fourth-order valence-electron chi connectivity index (χ4n) is 4.18.